The van der Waals surface area contributed by atoms with Gasteiger partial charge < -0.3 is 10.1 Å². The van der Waals surface area contributed by atoms with E-state index in [4.69, 9.17) is 4.74 Å². The minimum atomic E-state index is -0.223. The molecule has 1 aromatic carbocycles. The van der Waals surface area contributed by atoms with Gasteiger partial charge in [0.1, 0.15) is 0 Å². The zero-order valence-corrected chi connectivity index (χ0v) is 11.7. The number of ether oxygens (including phenoxy) is 1. The minimum Gasteiger partial charge on any atom is -0.494 e. The summed E-state index contributed by atoms with van der Waals surface area (Å²) in [7, 11) is 3.56. The fraction of sp³-hybridized carbons (Fsp3) is 0.625. The highest BCUT2D eigenvalue weighted by Gasteiger charge is 2.34. The van der Waals surface area contributed by atoms with E-state index in [-0.39, 0.29) is 5.82 Å². The van der Waals surface area contributed by atoms with Crippen molar-refractivity contribution in [3.63, 3.8) is 0 Å². The molecule has 2 atom stereocenters. The number of halogens is 1. The van der Waals surface area contributed by atoms with Gasteiger partial charge in [-0.05, 0) is 61.4 Å². The normalized spacial score (nSPS) is 26.1. The Bertz CT molecular complexity index is 470. The second kappa shape index (κ2) is 5.12. The van der Waals surface area contributed by atoms with Crippen LogP contribution < -0.4 is 10.1 Å². The zero-order chi connectivity index (χ0) is 13.4. The van der Waals surface area contributed by atoms with Crippen LogP contribution in [0.4, 0.5) is 4.39 Å². The first kappa shape index (κ1) is 12.9. The second-order valence-electron chi connectivity index (χ2n) is 5.90. The molecule has 3 rings (SSSR count). The monoisotopic (exact) mass is 263 g/mol. The smallest absolute Gasteiger partial charge is 0.165 e. The van der Waals surface area contributed by atoms with Crippen molar-refractivity contribution in [1.82, 2.24) is 5.32 Å². The second-order valence-corrected chi connectivity index (χ2v) is 5.90. The molecular formula is C16H22FNO. The molecule has 104 valence electrons. The maximum absolute atomic E-state index is 14.0. The van der Waals surface area contributed by atoms with Crippen LogP contribution >= 0.6 is 0 Å². The molecule has 1 fully saturated rings. The van der Waals surface area contributed by atoms with E-state index >= 15 is 0 Å². The van der Waals surface area contributed by atoms with Crippen molar-refractivity contribution in [3.05, 3.63) is 29.1 Å². The molecule has 3 heteroatoms. The summed E-state index contributed by atoms with van der Waals surface area (Å²) in [5.41, 5.74) is 2.48. The zero-order valence-electron chi connectivity index (χ0n) is 11.7. The van der Waals surface area contributed by atoms with Crippen molar-refractivity contribution in [2.75, 3.05) is 14.2 Å². The topological polar surface area (TPSA) is 21.3 Å². The molecule has 2 aliphatic rings. The van der Waals surface area contributed by atoms with Gasteiger partial charge in [-0.3, -0.25) is 0 Å². The van der Waals surface area contributed by atoms with E-state index in [1.54, 1.807) is 6.07 Å². The molecule has 0 heterocycles. The maximum atomic E-state index is 14.0. The number of hydrogen-bond donors (Lipinski definition) is 1. The van der Waals surface area contributed by atoms with E-state index in [2.05, 4.69) is 5.32 Å². The predicted octanol–water partition coefficient (Wildman–Crippen LogP) is 3.25. The van der Waals surface area contributed by atoms with Crippen molar-refractivity contribution in [3.8, 4) is 5.75 Å². The molecule has 0 amide bonds. The van der Waals surface area contributed by atoms with Crippen molar-refractivity contribution < 1.29 is 9.13 Å². The van der Waals surface area contributed by atoms with Gasteiger partial charge in [0.05, 0.1) is 7.11 Å². The highest BCUT2D eigenvalue weighted by molar-refractivity contribution is 5.41. The van der Waals surface area contributed by atoms with Gasteiger partial charge in [0.2, 0.25) is 0 Å². The third-order valence-corrected chi connectivity index (χ3v) is 4.68. The molecule has 1 aromatic rings. The Kier molecular flexibility index (Phi) is 3.48. The van der Waals surface area contributed by atoms with Crippen LogP contribution in [-0.4, -0.2) is 20.2 Å². The van der Waals surface area contributed by atoms with Crippen molar-refractivity contribution in [2.24, 2.45) is 5.92 Å². The van der Waals surface area contributed by atoms with Gasteiger partial charge >= 0.3 is 0 Å². The summed E-state index contributed by atoms with van der Waals surface area (Å²) in [4.78, 5) is 0. The minimum absolute atomic E-state index is 0.223. The molecule has 0 saturated heterocycles. The highest BCUT2D eigenvalue weighted by Crippen LogP contribution is 2.44. The van der Waals surface area contributed by atoms with Gasteiger partial charge in [0, 0.05) is 6.04 Å². The third-order valence-electron chi connectivity index (χ3n) is 4.68. The Hall–Kier alpha value is -1.09. The van der Waals surface area contributed by atoms with Crippen LogP contribution in [0, 0.1) is 11.7 Å². The maximum Gasteiger partial charge on any atom is 0.165 e. The van der Waals surface area contributed by atoms with Crippen LogP contribution in [0.2, 0.25) is 0 Å². The molecular weight excluding hydrogens is 241 g/mol. The van der Waals surface area contributed by atoms with Crippen LogP contribution in [0.3, 0.4) is 0 Å². The van der Waals surface area contributed by atoms with E-state index in [1.165, 1.54) is 37.5 Å². The Morgan fingerprint density at radius 2 is 2.11 bits per heavy atom. The van der Waals surface area contributed by atoms with E-state index < -0.39 is 0 Å². The number of rotatable bonds is 4. The van der Waals surface area contributed by atoms with Crippen LogP contribution in [0.1, 0.15) is 42.7 Å². The molecule has 2 nitrogen and oxygen atoms in total. The SMILES string of the molecule is CNC1CCc2cc(OC)c(F)cc2C1CC1CC1. The molecule has 0 bridgehead atoms. The first-order chi connectivity index (χ1) is 9.22. The summed E-state index contributed by atoms with van der Waals surface area (Å²) in [6.45, 7) is 0. The average molecular weight is 263 g/mol. The van der Waals surface area contributed by atoms with Crippen molar-refractivity contribution in [1.29, 1.82) is 0 Å². The lowest BCUT2D eigenvalue weighted by atomic mass is 9.76. The Balaban J connectivity index is 1.95. The van der Waals surface area contributed by atoms with Gasteiger partial charge in [-0.15, -0.1) is 0 Å². The van der Waals surface area contributed by atoms with E-state index in [0.29, 0.717) is 17.7 Å². The lowest BCUT2D eigenvalue weighted by Gasteiger charge is -2.34. The Morgan fingerprint density at radius 3 is 2.74 bits per heavy atom. The molecule has 0 radical (unpaired) electrons. The van der Waals surface area contributed by atoms with Gasteiger partial charge in [-0.1, -0.05) is 12.8 Å². The summed E-state index contributed by atoms with van der Waals surface area (Å²) < 4.78 is 19.1. The van der Waals surface area contributed by atoms with Gasteiger partial charge in [-0.2, -0.15) is 0 Å². The first-order valence-electron chi connectivity index (χ1n) is 7.26. The molecule has 1 saturated carbocycles. The lowest BCUT2D eigenvalue weighted by molar-refractivity contribution is 0.366. The number of nitrogens with one attached hydrogen (secondary N) is 1. The van der Waals surface area contributed by atoms with Crippen molar-refractivity contribution in [2.45, 2.75) is 44.1 Å². The van der Waals surface area contributed by atoms with Crippen molar-refractivity contribution >= 4 is 0 Å². The molecule has 0 spiro atoms. The van der Waals surface area contributed by atoms with E-state index in [1.807, 2.05) is 13.1 Å². The number of fused-ring (bicyclic) bond motifs is 1. The van der Waals surface area contributed by atoms with Gasteiger partial charge in [0.25, 0.3) is 0 Å². The average Bonchev–Trinajstić information content (AvgIpc) is 3.23. The summed E-state index contributed by atoms with van der Waals surface area (Å²) in [5.74, 6) is 1.48. The molecule has 0 aromatic heterocycles. The van der Waals surface area contributed by atoms with Gasteiger partial charge in [-0.25, -0.2) is 4.39 Å². The molecule has 0 aliphatic heterocycles. The standard InChI is InChI=1S/C16H22FNO/c1-18-15-6-5-11-8-16(19-2)14(17)9-12(11)13(15)7-10-3-4-10/h8-10,13,15,18H,3-7H2,1-2H3. The molecule has 1 N–H and O–H groups in total. The summed E-state index contributed by atoms with van der Waals surface area (Å²) in [5, 5.41) is 3.42. The van der Waals surface area contributed by atoms with Crippen LogP contribution in [0.5, 0.6) is 5.75 Å². The fourth-order valence-corrected chi connectivity index (χ4v) is 3.41. The summed E-state index contributed by atoms with van der Waals surface area (Å²) in [6, 6.07) is 4.10. The molecule has 2 unspecified atom stereocenters. The Labute approximate surface area is 114 Å². The number of likely N-dealkylation sites (N-methyl/N-ethyl adjacent to an activating group) is 1. The number of hydrogen-bond acceptors (Lipinski definition) is 2. The largest absolute Gasteiger partial charge is 0.494 e. The van der Waals surface area contributed by atoms with Crippen LogP contribution in [0.15, 0.2) is 12.1 Å². The molecule has 19 heavy (non-hydrogen) atoms. The summed E-state index contributed by atoms with van der Waals surface area (Å²) in [6.07, 6.45) is 6.04. The summed E-state index contributed by atoms with van der Waals surface area (Å²) >= 11 is 0. The number of aryl methyl sites for hydroxylation is 1. The predicted molar refractivity (Wildman–Crippen MR) is 74.2 cm³/mol. The van der Waals surface area contributed by atoms with E-state index in [9.17, 15) is 4.39 Å². The molecule has 2 aliphatic carbocycles. The Morgan fingerprint density at radius 1 is 1.32 bits per heavy atom. The fourth-order valence-electron chi connectivity index (χ4n) is 3.41. The van der Waals surface area contributed by atoms with E-state index in [0.717, 1.165) is 18.8 Å². The van der Waals surface area contributed by atoms with Crippen LogP contribution in [0.25, 0.3) is 0 Å². The highest BCUT2D eigenvalue weighted by atomic mass is 19.1. The first-order valence-corrected chi connectivity index (χ1v) is 7.26. The lowest BCUT2D eigenvalue weighted by Crippen LogP contribution is -2.36. The van der Waals surface area contributed by atoms with Crippen LogP contribution in [-0.2, 0) is 6.42 Å². The number of methoxy groups -OCH3 is 1. The third kappa shape index (κ3) is 2.48. The number of benzene rings is 1. The van der Waals surface area contributed by atoms with Gasteiger partial charge in [0.15, 0.2) is 11.6 Å². The quantitative estimate of drug-likeness (QED) is 0.900.